The molecule has 0 saturated heterocycles. The van der Waals surface area contributed by atoms with Gasteiger partial charge in [-0.25, -0.2) is 14.4 Å². The maximum atomic E-state index is 13.2. The molecule has 4 rings (SSSR count). The van der Waals surface area contributed by atoms with Gasteiger partial charge in [0.2, 0.25) is 0 Å². The number of nitrogens with one attached hydrogen (secondary N) is 1. The van der Waals surface area contributed by atoms with Crippen LogP contribution in [-0.4, -0.2) is 9.97 Å². The van der Waals surface area contributed by atoms with Gasteiger partial charge < -0.3 is 5.32 Å². The van der Waals surface area contributed by atoms with Crippen LogP contribution in [0.1, 0.15) is 16.7 Å². The Hall–Kier alpha value is -2.34. The molecule has 134 valence electrons. The summed E-state index contributed by atoms with van der Waals surface area (Å²) >= 11 is 6.39. The molecule has 8 heteroatoms. The lowest BCUT2D eigenvalue weighted by atomic mass is 10.1. The van der Waals surface area contributed by atoms with Crippen molar-refractivity contribution in [3.63, 3.8) is 0 Å². The Morgan fingerprint density at radius 2 is 1.93 bits per heavy atom. The first-order chi connectivity index (χ1) is 13.1. The third-order valence-electron chi connectivity index (χ3n) is 3.97. The van der Waals surface area contributed by atoms with Gasteiger partial charge in [0.25, 0.3) is 0 Å². The van der Waals surface area contributed by atoms with Crippen LogP contribution in [0.4, 0.5) is 15.2 Å². The zero-order valence-electron chi connectivity index (χ0n) is 14.1. The number of anilines is 2. The highest BCUT2D eigenvalue weighted by Gasteiger charge is 2.17. The third-order valence-corrected chi connectivity index (χ3v) is 6.58. The standard InChI is InChI=1S/C19H12BrFN4S2/c1-2-12-17(18-13(26-12)7-8-15(20)23-18)25-19-24-16(14(9-22)27-19)10-3-5-11(21)6-4-10/h3-8H,2H2,1H3,(H,24,25). The minimum Gasteiger partial charge on any atom is -0.329 e. The van der Waals surface area contributed by atoms with Crippen LogP contribution in [0, 0.1) is 17.1 Å². The zero-order chi connectivity index (χ0) is 19.0. The van der Waals surface area contributed by atoms with Crippen LogP contribution in [0.2, 0.25) is 0 Å². The van der Waals surface area contributed by atoms with E-state index in [1.54, 1.807) is 23.5 Å². The molecule has 0 atom stereocenters. The smallest absolute Gasteiger partial charge is 0.189 e. The Balaban J connectivity index is 1.78. The van der Waals surface area contributed by atoms with E-state index in [1.165, 1.54) is 28.3 Å². The molecule has 0 aliphatic carbocycles. The van der Waals surface area contributed by atoms with Crippen LogP contribution >= 0.6 is 38.6 Å². The van der Waals surface area contributed by atoms with Crippen molar-refractivity contribution >= 4 is 59.6 Å². The van der Waals surface area contributed by atoms with E-state index in [0.29, 0.717) is 21.3 Å². The Morgan fingerprint density at radius 3 is 2.63 bits per heavy atom. The maximum Gasteiger partial charge on any atom is 0.189 e. The van der Waals surface area contributed by atoms with Crippen molar-refractivity contribution < 1.29 is 4.39 Å². The van der Waals surface area contributed by atoms with Gasteiger partial charge in [-0.05, 0) is 58.7 Å². The van der Waals surface area contributed by atoms with Crippen molar-refractivity contribution in [1.29, 1.82) is 5.26 Å². The highest BCUT2D eigenvalue weighted by atomic mass is 79.9. The molecule has 0 radical (unpaired) electrons. The average molecular weight is 459 g/mol. The molecule has 4 aromatic rings. The molecule has 0 amide bonds. The molecule has 4 nitrogen and oxygen atoms in total. The Labute approximate surface area is 171 Å². The number of rotatable bonds is 4. The number of hydrogen-bond acceptors (Lipinski definition) is 6. The van der Waals surface area contributed by atoms with E-state index >= 15 is 0 Å². The first kappa shape index (κ1) is 18.0. The topological polar surface area (TPSA) is 61.6 Å². The molecule has 0 bridgehead atoms. The predicted molar refractivity (Wildman–Crippen MR) is 112 cm³/mol. The van der Waals surface area contributed by atoms with Crippen molar-refractivity contribution in [2.45, 2.75) is 13.3 Å². The maximum absolute atomic E-state index is 13.2. The number of fused-ring (bicyclic) bond motifs is 1. The summed E-state index contributed by atoms with van der Waals surface area (Å²) in [6.07, 6.45) is 0.863. The van der Waals surface area contributed by atoms with Crippen LogP contribution in [0.25, 0.3) is 21.5 Å². The zero-order valence-corrected chi connectivity index (χ0v) is 17.3. The van der Waals surface area contributed by atoms with Crippen molar-refractivity contribution in [3.05, 3.63) is 56.6 Å². The van der Waals surface area contributed by atoms with Crippen molar-refractivity contribution in [2.75, 3.05) is 5.32 Å². The normalized spacial score (nSPS) is 10.9. The number of pyridine rings is 1. The quantitative estimate of drug-likeness (QED) is 0.354. The average Bonchev–Trinajstić information content (AvgIpc) is 3.24. The van der Waals surface area contributed by atoms with Gasteiger partial charge in [-0.2, -0.15) is 5.26 Å². The van der Waals surface area contributed by atoms with Gasteiger partial charge in [-0.15, -0.1) is 11.3 Å². The van der Waals surface area contributed by atoms with Crippen LogP contribution in [0.5, 0.6) is 0 Å². The van der Waals surface area contributed by atoms with Crippen LogP contribution < -0.4 is 5.32 Å². The summed E-state index contributed by atoms with van der Waals surface area (Å²) in [5, 5.41) is 13.5. The Kier molecular flexibility index (Phi) is 4.91. The predicted octanol–water partition coefficient (Wildman–Crippen LogP) is 6.50. The SMILES string of the molecule is CCc1sc2ccc(Br)nc2c1Nc1nc(-c2ccc(F)cc2)c(C#N)s1. The molecule has 0 spiro atoms. The third kappa shape index (κ3) is 3.46. The number of halogens is 2. The van der Waals surface area contributed by atoms with Crippen molar-refractivity contribution in [3.8, 4) is 17.3 Å². The summed E-state index contributed by atoms with van der Waals surface area (Å²) in [6, 6.07) is 12.1. The highest BCUT2D eigenvalue weighted by Crippen LogP contribution is 2.39. The van der Waals surface area contributed by atoms with Gasteiger partial charge in [-0.1, -0.05) is 18.3 Å². The van der Waals surface area contributed by atoms with Gasteiger partial charge in [0.1, 0.15) is 32.6 Å². The summed E-state index contributed by atoms with van der Waals surface area (Å²) in [6.45, 7) is 2.09. The Bertz CT molecular complexity index is 1180. The second-order valence-corrected chi connectivity index (χ2v) is 8.62. The number of aryl methyl sites for hydroxylation is 1. The minimum absolute atomic E-state index is 0.320. The lowest BCUT2D eigenvalue weighted by Crippen LogP contribution is -1.93. The lowest BCUT2D eigenvalue weighted by Gasteiger charge is -2.03. The van der Waals surface area contributed by atoms with Crippen LogP contribution in [0.15, 0.2) is 41.0 Å². The van der Waals surface area contributed by atoms with E-state index < -0.39 is 0 Å². The molecule has 0 unspecified atom stereocenters. The molecular formula is C19H12BrFN4S2. The minimum atomic E-state index is -0.320. The first-order valence-corrected chi connectivity index (χ1v) is 10.5. The first-order valence-electron chi connectivity index (χ1n) is 8.11. The molecule has 3 heterocycles. The largest absolute Gasteiger partial charge is 0.329 e. The number of hydrogen-bond donors (Lipinski definition) is 1. The van der Waals surface area contributed by atoms with Crippen LogP contribution in [-0.2, 0) is 6.42 Å². The van der Waals surface area contributed by atoms with E-state index in [1.807, 2.05) is 12.1 Å². The second-order valence-electron chi connectivity index (χ2n) is 5.67. The molecule has 27 heavy (non-hydrogen) atoms. The van der Waals surface area contributed by atoms with E-state index in [4.69, 9.17) is 0 Å². The van der Waals surface area contributed by atoms with E-state index in [9.17, 15) is 9.65 Å². The molecular weight excluding hydrogens is 447 g/mol. The summed E-state index contributed by atoms with van der Waals surface area (Å²) < 4.78 is 15.1. The van der Waals surface area contributed by atoms with E-state index in [-0.39, 0.29) is 5.82 Å². The second kappa shape index (κ2) is 7.35. The monoisotopic (exact) mass is 458 g/mol. The summed E-state index contributed by atoms with van der Waals surface area (Å²) in [7, 11) is 0. The molecule has 1 aromatic carbocycles. The van der Waals surface area contributed by atoms with Gasteiger partial charge in [0.15, 0.2) is 5.13 Å². The van der Waals surface area contributed by atoms with Crippen molar-refractivity contribution in [2.24, 2.45) is 0 Å². The number of nitrogens with zero attached hydrogens (tertiary/aromatic N) is 3. The van der Waals surface area contributed by atoms with Gasteiger partial charge >= 0.3 is 0 Å². The number of thiazole rings is 1. The summed E-state index contributed by atoms with van der Waals surface area (Å²) in [5.74, 6) is -0.320. The fourth-order valence-electron chi connectivity index (χ4n) is 2.74. The Morgan fingerprint density at radius 1 is 1.15 bits per heavy atom. The number of nitriles is 1. The molecule has 0 saturated carbocycles. The summed E-state index contributed by atoms with van der Waals surface area (Å²) in [5.41, 5.74) is 3.06. The van der Waals surface area contributed by atoms with Crippen LogP contribution in [0.3, 0.4) is 0 Å². The fraction of sp³-hybridized carbons (Fsp3) is 0.105. The van der Waals surface area contributed by atoms with Gasteiger partial charge in [0.05, 0.1) is 10.4 Å². The van der Waals surface area contributed by atoms with E-state index in [2.05, 4.69) is 44.2 Å². The molecule has 0 aliphatic heterocycles. The van der Waals surface area contributed by atoms with Gasteiger partial charge in [-0.3, -0.25) is 0 Å². The lowest BCUT2D eigenvalue weighted by molar-refractivity contribution is 0.628. The van der Waals surface area contributed by atoms with Gasteiger partial charge in [0, 0.05) is 10.4 Å². The molecule has 3 aromatic heterocycles. The number of benzene rings is 1. The number of aromatic nitrogens is 2. The summed E-state index contributed by atoms with van der Waals surface area (Å²) in [4.78, 5) is 10.8. The van der Waals surface area contributed by atoms with E-state index in [0.717, 1.165) is 26.9 Å². The molecule has 1 N–H and O–H groups in total. The molecule has 0 fully saturated rings. The van der Waals surface area contributed by atoms with Crippen molar-refractivity contribution in [1.82, 2.24) is 9.97 Å². The fourth-order valence-corrected chi connectivity index (χ4v) is 4.88. The molecule has 0 aliphatic rings. The number of thiophene rings is 1. The highest BCUT2D eigenvalue weighted by molar-refractivity contribution is 9.10.